The van der Waals surface area contributed by atoms with Crippen LogP contribution in [0.25, 0.3) is 6.08 Å². The van der Waals surface area contributed by atoms with Crippen LogP contribution in [0.5, 0.6) is 0 Å². The molecule has 0 unspecified atom stereocenters. The monoisotopic (exact) mass is 410 g/mol. The van der Waals surface area contributed by atoms with Crippen LogP contribution in [0.1, 0.15) is 29.4 Å². The molecule has 7 nitrogen and oxygen atoms in total. The van der Waals surface area contributed by atoms with Crippen LogP contribution in [0.15, 0.2) is 18.5 Å². The van der Waals surface area contributed by atoms with Crippen molar-refractivity contribution in [3.05, 3.63) is 46.1 Å². The van der Waals surface area contributed by atoms with Crippen molar-refractivity contribution in [1.29, 1.82) is 0 Å². The van der Waals surface area contributed by atoms with Crippen LogP contribution in [0.4, 0.5) is 11.5 Å². The number of nitrogens with one attached hydrogen (secondary N) is 1. The number of amides is 1. The molecule has 1 fully saturated rings. The molecule has 0 spiro atoms. The fourth-order valence-electron chi connectivity index (χ4n) is 4.53. The number of aromatic nitrogens is 3. The Morgan fingerprint density at radius 3 is 2.90 bits per heavy atom. The zero-order valence-electron chi connectivity index (χ0n) is 16.5. The molecular formula is C21H23ClN6O. The highest BCUT2D eigenvalue weighted by molar-refractivity contribution is 6.29. The summed E-state index contributed by atoms with van der Waals surface area (Å²) < 4.78 is 0. The molecule has 2 aromatic heterocycles. The average molecular weight is 411 g/mol. The summed E-state index contributed by atoms with van der Waals surface area (Å²) in [5, 5.41) is 3.26. The molecule has 3 aliphatic rings. The molecule has 1 atom stereocenters. The van der Waals surface area contributed by atoms with Gasteiger partial charge in [-0.2, -0.15) is 0 Å². The summed E-state index contributed by atoms with van der Waals surface area (Å²) in [7, 11) is 1.68. The number of anilines is 2. The summed E-state index contributed by atoms with van der Waals surface area (Å²) >= 11 is 6.33. The van der Waals surface area contributed by atoms with Crippen LogP contribution in [0.3, 0.4) is 0 Å². The van der Waals surface area contributed by atoms with E-state index in [0.717, 1.165) is 46.9 Å². The first-order valence-electron chi connectivity index (χ1n) is 9.97. The van der Waals surface area contributed by atoms with E-state index in [9.17, 15) is 4.79 Å². The maximum atomic E-state index is 11.9. The summed E-state index contributed by atoms with van der Waals surface area (Å²) in [4.78, 5) is 30.1. The van der Waals surface area contributed by atoms with Crippen LogP contribution in [-0.4, -0.2) is 47.0 Å². The van der Waals surface area contributed by atoms with Gasteiger partial charge in [-0.3, -0.25) is 4.79 Å². The molecule has 1 N–H and O–H groups in total. The quantitative estimate of drug-likeness (QED) is 0.782. The molecule has 8 heteroatoms. The molecule has 150 valence electrons. The van der Waals surface area contributed by atoms with Gasteiger partial charge in [0.15, 0.2) is 0 Å². The van der Waals surface area contributed by atoms with Gasteiger partial charge in [0, 0.05) is 62.4 Å². The Kier molecular flexibility index (Phi) is 4.42. The minimum atomic E-state index is 0.0247. The number of hydrogen-bond acceptors (Lipinski definition) is 6. The second kappa shape index (κ2) is 6.99. The summed E-state index contributed by atoms with van der Waals surface area (Å²) in [5.74, 6) is 1.06. The number of carbonyl (C=O) groups excluding carboxylic acids is 1. The van der Waals surface area contributed by atoms with Crippen molar-refractivity contribution in [2.24, 2.45) is 5.92 Å². The van der Waals surface area contributed by atoms with Crippen molar-refractivity contribution in [3.63, 3.8) is 0 Å². The Morgan fingerprint density at radius 2 is 2.10 bits per heavy atom. The first kappa shape index (κ1) is 18.4. The molecule has 0 saturated carbocycles. The van der Waals surface area contributed by atoms with Crippen LogP contribution >= 0.6 is 11.6 Å². The topological polar surface area (TPSA) is 74.2 Å². The highest BCUT2D eigenvalue weighted by Crippen LogP contribution is 2.38. The lowest BCUT2D eigenvalue weighted by Gasteiger charge is -2.43. The second-order valence-corrected chi connectivity index (χ2v) is 8.34. The van der Waals surface area contributed by atoms with E-state index in [4.69, 9.17) is 11.6 Å². The van der Waals surface area contributed by atoms with Gasteiger partial charge in [-0.1, -0.05) is 23.8 Å². The Bertz CT molecular complexity index is 1020. The molecule has 1 amide bonds. The van der Waals surface area contributed by atoms with Gasteiger partial charge in [0.05, 0.1) is 17.3 Å². The highest BCUT2D eigenvalue weighted by Gasteiger charge is 2.37. The number of hydrogen-bond donors (Lipinski definition) is 1. The summed E-state index contributed by atoms with van der Waals surface area (Å²) in [6.45, 7) is 4.32. The minimum absolute atomic E-state index is 0.0247. The molecule has 1 saturated heterocycles. The fraction of sp³-hybridized carbons (Fsp3) is 0.429. The molecule has 2 aliphatic heterocycles. The van der Waals surface area contributed by atoms with Crippen molar-refractivity contribution < 1.29 is 4.79 Å². The maximum absolute atomic E-state index is 11.9. The summed E-state index contributed by atoms with van der Waals surface area (Å²) in [6, 6.07) is 2.25. The molecular weight excluding hydrogens is 388 g/mol. The molecule has 2 aromatic rings. The normalized spacial score (nSPS) is 20.3. The second-order valence-electron chi connectivity index (χ2n) is 7.95. The molecule has 4 heterocycles. The number of halogens is 1. The first-order chi connectivity index (χ1) is 14.0. The van der Waals surface area contributed by atoms with Crippen molar-refractivity contribution in [2.45, 2.75) is 32.4 Å². The molecule has 0 radical (unpaired) electrons. The van der Waals surface area contributed by atoms with E-state index < -0.39 is 0 Å². The van der Waals surface area contributed by atoms with Crippen molar-refractivity contribution >= 4 is 35.1 Å². The zero-order valence-corrected chi connectivity index (χ0v) is 17.3. The zero-order chi connectivity index (χ0) is 20.1. The first-order valence-corrected chi connectivity index (χ1v) is 10.3. The average Bonchev–Trinajstić information content (AvgIpc) is 3.14. The van der Waals surface area contributed by atoms with Crippen molar-refractivity contribution in [1.82, 2.24) is 20.3 Å². The predicted octanol–water partition coefficient (Wildman–Crippen LogP) is 2.23. The van der Waals surface area contributed by atoms with Gasteiger partial charge in [-0.15, -0.1) is 0 Å². The Labute approximate surface area is 174 Å². The van der Waals surface area contributed by atoms with E-state index in [1.54, 1.807) is 13.4 Å². The van der Waals surface area contributed by atoms with E-state index in [1.165, 1.54) is 0 Å². The number of fused-ring (bicyclic) bond motifs is 2. The Hall–Kier alpha value is -2.67. The minimum Gasteiger partial charge on any atom is -0.363 e. The molecule has 0 aromatic carbocycles. The lowest BCUT2D eigenvalue weighted by Crippen LogP contribution is -2.54. The smallest absolute Gasteiger partial charge is 0.226 e. The standard InChI is InChI=1S/C21H23ClN6O/c1-12-6-17-15(20(25-11-24-17)27-8-13(9-27)21(29)23-2)10-28(12)18-7-19(22)26-16-5-3-4-14(16)18/h3-4,7,11-13H,5-6,8-10H2,1-2H3,(H,23,29)/t12-/m1/s1. The summed E-state index contributed by atoms with van der Waals surface area (Å²) in [6.07, 6.45) is 7.59. The molecule has 0 bridgehead atoms. The van der Waals surface area contributed by atoms with Gasteiger partial charge in [-0.25, -0.2) is 15.0 Å². The third kappa shape index (κ3) is 3.04. The van der Waals surface area contributed by atoms with Gasteiger partial charge in [-0.05, 0) is 13.0 Å². The lowest BCUT2D eigenvalue weighted by atomic mass is 9.95. The van der Waals surface area contributed by atoms with Gasteiger partial charge >= 0.3 is 0 Å². The van der Waals surface area contributed by atoms with E-state index in [0.29, 0.717) is 24.8 Å². The van der Waals surface area contributed by atoms with Crippen LogP contribution < -0.4 is 15.1 Å². The van der Waals surface area contributed by atoms with E-state index >= 15 is 0 Å². The number of carbonyl (C=O) groups is 1. The van der Waals surface area contributed by atoms with Crippen LogP contribution in [0, 0.1) is 5.92 Å². The fourth-order valence-corrected chi connectivity index (χ4v) is 4.74. The van der Waals surface area contributed by atoms with Gasteiger partial charge in [0.25, 0.3) is 0 Å². The van der Waals surface area contributed by atoms with E-state index in [-0.39, 0.29) is 17.9 Å². The van der Waals surface area contributed by atoms with Crippen LogP contribution in [0.2, 0.25) is 5.15 Å². The van der Waals surface area contributed by atoms with Gasteiger partial charge < -0.3 is 15.1 Å². The third-order valence-corrected chi connectivity index (χ3v) is 6.34. The number of pyridine rings is 1. The molecule has 29 heavy (non-hydrogen) atoms. The van der Waals surface area contributed by atoms with Gasteiger partial charge in [0.1, 0.15) is 17.3 Å². The lowest BCUT2D eigenvalue weighted by molar-refractivity contribution is -0.125. The molecule has 5 rings (SSSR count). The van der Waals surface area contributed by atoms with E-state index in [2.05, 4.69) is 49.1 Å². The third-order valence-electron chi connectivity index (χ3n) is 6.15. The highest BCUT2D eigenvalue weighted by atomic mass is 35.5. The summed E-state index contributed by atoms with van der Waals surface area (Å²) in [5.41, 5.74) is 5.55. The number of allylic oxidation sites excluding steroid dienone is 1. The molecule has 1 aliphatic carbocycles. The van der Waals surface area contributed by atoms with Gasteiger partial charge in [0.2, 0.25) is 5.91 Å². The van der Waals surface area contributed by atoms with Crippen molar-refractivity contribution in [3.8, 4) is 0 Å². The van der Waals surface area contributed by atoms with E-state index in [1.807, 2.05) is 6.07 Å². The Balaban J connectivity index is 1.48. The largest absolute Gasteiger partial charge is 0.363 e. The van der Waals surface area contributed by atoms with Crippen LogP contribution in [-0.2, 0) is 24.2 Å². The SMILES string of the molecule is CNC(=O)C1CN(c2ncnc3c2CN(c2cc(Cl)nc4c2C=CC4)[C@H](C)C3)C1. The number of rotatable bonds is 3. The predicted molar refractivity (Wildman–Crippen MR) is 113 cm³/mol. The number of nitrogens with zero attached hydrogens (tertiary/aromatic N) is 5. The Morgan fingerprint density at radius 1 is 1.28 bits per heavy atom. The van der Waals surface area contributed by atoms with Crippen molar-refractivity contribution in [2.75, 3.05) is 29.9 Å². The maximum Gasteiger partial charge on any atom is 0.226 e.